The van der Waals surface area contributed by atoms with Gasteiger partial charge in [-0.1, -0.05) is 22.0 Å². The lowest BCUT2D eigenvalue weighted by molar-refractivity contribution is -0.157. The third kappa shape index (κ3) is 4.65. The highest BCUT2D eigenvalue weighted by Crippen LogP contribution is 2.34. The van der Waals surface area contributed by atoms with E-state index in [1.54, 1.807) is 35.3 Å². The summed E-state index contributed by atoms with van der Waals surface area (Å²) < 4.78 is 11.7. The topological polar surface area (TPSA) is 55.8 Å². The number of ether oxygens (including phenoxy) is 2. The molecule has 0 aliphatic carbocycles. The van der Waals surface area contributed by atoms with E-state index in [4.69, 9.17) is 9.47 Å². The van der Waals surface area contributed by atoms with Crippen molar-refractivity contribution in [2.45, 2.75) is 31.9 Å². The lowest BCUT2D eigenvalue weighted by Crippen LogP contribution is -2.36. The van der Waals surface area contributed by atoms with Crippen molar-refractivity contribution in [2.75, 3.05) is 13.2 Å². The van der Waals surface area contributed by atoms with E-state index in [1.165, 1.54) is 4.88 Å². The zero-order chi connectivity index (χ0) is 18.5. The molecule has 2 aromatic rings. The number of likely N-dealkylation sites (tertiary alicyclic amines) is 1. The minimum atomic E-state index is -0.782. The van der Waals surface area contributed by atoms with Gasteiger partial charge < -0.3 is 14.4 Å². The van der Waals surface area contributed by atoms with E-state index in [0.29, 0.717) is 12.3 Å². The van der Waals surface area contributed by atoms with E-state index < -0.39 is 12.1 Å². The standard InChI is InChI=1S/C19H20BrNO4S/c1-13(25-15-8-6-14(20)7-9-15)19(23)24-12-18(22)21-10-2-4-16(21)17-5-3-11-26-17/h3,5-9,11,13,16H,2,4,10,12H2,1H3. The predicted molar refractivity (Wildman–Crippen MR) is 103 cm³/mol. The number of benzene rings is 1. The first kappa shape index (κ1) is 18.9. The number of thiophene rings is 1. The maximum absolute atomic E-state index is 12.5. The van der Waals surface area contributed by atoms with E-state index in [0.717, 1.165) is 17.3 Å². The molecule has 2 unspecified atom stereocenters. The lowest BCUT2D eigenvalue weighted by Gasteiger charge is -2.24. The second-order valence-electron chi connectivity index (χ2n) is 6.08. The quantitative estimate of drug-likeness (QED) is 0.635. The monoisotopic (exact) mass is 437 g/mol. The van der Waals surface area contributed by atoms with Crippen LogP contribution in [0.25, 0.3) is 0 Å². The number of nitrogens with zero attached hydrogens (tertiary/aromatic N) is 1. The summed E-state index contributed by atoms with van der Waals surface area (Å²) in [7, 11) is 0. The number of carbonyl (C=O) groups excluding carboxylic acids is 2. The largest absolute Gasteiger partial charge is 0.479 e. The minimum Gasteiger partial charge on any atom is -0.479 e. The Bertz CT molecular complexity index is 747. The van der Waals surface area contributed by atoms with Gasteiger partial charge in [0.15, 0.2) is 12.7 Å². The second kappa shape index (κ2) is 8.68. The molecule has 0 spiro atoms. The molecule has 1 aromatic heterocycles. The van der Waals surface area contributed by atoms with Gasteiger partial charge in [0.05, 0.1) is 6.04 Å². The van der Waals surface area contributed by atoms with Gasteiger partial charge in [0.25, 0.3) is 5.91 Å². The van der Waals surface area contributed by atoms with Gasteiger partial charge >= 0.3 is 5.97 Å². The van der Waals surface area contributed by atoms with Crippen LogP contribution in [0.2, 0.25) is 0 Å². The van der Waals surface area contributed by atoms with Crippen LogP contribution in [0.5, 0.6) is 5.75 Å². The van der Waals surface area contributed by atoms with Crippen LogP contribution < -0.4 is 4.74 Å². The molecule has 2 atom stereocenters. The average Bonchev–Trinajstić information content (AvgIpc) is 3.32. The molecule has 1 aromatic carbocycles. The van der Waals surface area contributed by atoms with Crippen LogP contribution in [0.4, 0.5) is 0 Å². The first-order valence-electron chi connectivity index (χ1n) is 8.46. The van der Waals surface area contributed by atoms with Crippen LogP contribution in [0.1, 0.15) is 30.7 Å². The highest BCUT2D eigenvalue weighted by Gasteiger charge is 2.31. The summed E-state index contributed by atoms with van der Waals surface area (Å²) in [6.45, 7) is 2.05. The molecule has 1 fully saturated rings. The Morgan fingerprint density at radius 2 is 2.08 bits per heavy atom. The molecule has 138 valence electrons. The lowest BCUT2D eigenvalue weighted by atomic mass is 10.2. The fourth-order valence-electron chi connectivity index (χ4n) is 2.94. The van der Waals surface area contributed by atoms with Crippen molar-refractivity contribution in [3.05, 3.63) is 51.1 Å². The Balaban J connectivity index is 1.50. The van der Waals surface area contributed by atoms with Gasteiger partial charge in [0.2, 0.25) is 0 Å². The van der Waals surface area contributed by atoms with Gasteiger partial charge in [-0.2, -0.15) is 0 Å². The van der Waals surface area contributed by atoms with Crippen molar-refractivity contribution < 1.29 is 19.1 Å². The van der Waals surface area contributed by atoms with E-state index in [1.807, 2.05) is 29.6 Å². The molecular formula is C19H20BrNO4S. The molecule has 1 amide bonds. The summed E-state index contributed by atoms with van der Waals surface area (Å²) in [6.07, 6.45) is 1.13. The molecule has 26 heavy (non-hydrogen) atoms. The van der Waals surface area contributed by atoms with Crippen LogP contribution in [0, 0.1) is 0 Å². The van der Waals surface area contributed by atoms with Gasteiger partial charge in [-0.15, -0.1) is 11.3 Å². The fraction of sp³-hybridized carbons (Fsp3) is 0.368. The Kier molecular flexibility index (Phi) is 6.32. The van der Waals surface area contributed by atoms with E-state index in [-0.39, 0.29) is 18.6 Å². The summed E-state index contributed by atoms with van der Waals surface area (Å²) in [5.74, 6) is -0.139. The summed E-state index contributed by atoms with van der Waals surface area (Å²) in [4.78, 5) is 27.6. The first-order valence-corrected chi connectivity index (χ1v) is 10.1. The Labute approximate surface area is 165 Å². The van der Waals surface area contributed by atoms with Gasteiger partial charge in [-0.25, -0.2) is 4.79 Å². The van der Waals surface area contributed by atoms with Crippen molar-refractivity contribution in [1.29, 1.82) is 0 Å². The van der Waals surface area contributed by atoms with Gasteiger partial charge in [-0.05, 0) is 55.5 Å². The van der Waals surface area contributed by atoms with E-state index >= 15 is 0 Å². The number of rotatable bonds is 6. The maximum atomic E-state index is 12.5. The summed E-state index contributed by atoms with van der Waals surface area (Å²) in [5.41, 5.74) is 0. The SMILES string of the molecule is CC(Oc1ccc(Br)cc1)C(=O)OCC(=O)N1CCCC1c1cccs1. The average molecular weight is 438 g/mol. The molecule has 1 aliphatic heterocycles. The smallest absolute Gasteiger partial charge is 0.347 e. The van der Waals surface area contributed by atoms with Crippen LogP contribution in [-0.4, -0.2) is 36.0 Å². The minimum absolute atomic E-state index is 0.0950. The first-order chi connectivity index (χ1) is 12.5. The Hall–Kier alpha value is -1.86. The fourth-order valence-corrected chi connectivity index (χ4v) is 4.08. The maximum Gasteiger partial charge on any atom is 0.347 e. The van der Waals surface area contributed by atoms with Crippen molar-refractivity contribution >= 4 is 39.1 Å². The number of hydrogen-bond acceptors (Lipinski definition) is 5. The zero-order valence-corrected chi connectivity index (χ0v) is 16.8. The Morgan fingerprint density at radius 1 is 1.31 bits per heavy atom. The highest BCUT2D eigenvalue weighted by atomic mass is 79.9. The van der Waals surface area contributed by atoms with Crippen LogP contribution in [0.3, 0.4) is 0 Å². The third-order valence-corrected chi connectivity index (χ3v) is 5.74. The highest BCUT2D eigenvalue weighted by molar-refractivity contribution is 9.10. The molecular weight excluding hydrogens is 418 g/mol. The number of amides is 1. The molecule has 1 saturated heterocycles. The number of halogens is 1. The molecule has 7 heteroatoms. The second-order valence-corrected chi connectivity index (χ2v) is 7.98. The van der Waals surface area contributed by atoms with Gasteiger partial charge in [0.1, 0.15) is 5.75 Å². The van der Waals surface area contributed by atoms with Crippen molar-refractivity contribution in [2.24, 2.45) is 0 Å². The number of hydrogen-bond donors (Lipinski definition) is 0. The Morgan fingerprint density at radius 3 is 2.77 bits per heavy atom. The normalized spacial score (nSPS) is 17.8. The van der Waals surface area contributed by atoms with E-state index in [9.17, 15) is 9.59 Å². The molecule has 0 N–H and O–H groups in total. The zero-order valence-electron chi connectivity index (χ0n) is 14.4. The molecule has 2 heterocycles. The van der Waals surface area contributed by atoms with Gasteiger partial charge in [0, 0.05) is 15.9 Å². The molecule has 3 rings (SSSR count). The van der Waals surface area contributed by atoms with Crippen LogP contribution >= 0.6 is 27.3 Å². The van der Waals surface area contributed by atoms with Gasteiger partial charge in [-0.3, -0.25) is 4.79 Å². The number of carbonyl (C=O) groups is 2. The predicted octanol–water partition coefficient (Wildman–Crippen LogP) is 4.18. The molecule has 0 bridgehead atoms. The summed E-state index contributed by atoms with van der Waals surface area (Å²) >= 11 is 4.99. The molecule has 0 radical (unpaired) electrons. The van der Waals surface area contributed by atoms with Crippen LogP contribution in [-0.2, 0) is 14.3 Å². The number of esters is 1. The van der Waals surface area contributed by atoms with Crippen molar-refractivity contribution in [3.8, 4) is 5.75 Å². The van der Waals surface area contributed by atoms with Crippen LogP contribution in [0.15, 0.2) is 46.3 Å². The molecule has 1 aliphatic rings. The molecule has 5 nitrogen and oxygen atoms in total. The summed E-state index contributed by atoms with van der Waals surface area (Å²) in [6, 6.07) is 11.3. The summed E-state index contributed by atoms with van der Waals surface area (Å²) in [5, 5.41) is 2.01. The van der Waals surface area contributed by atoms with Crippen molar-refractivity contribution in [3.63, 3.8) is 0 Å². The molecule has 0 saturated carbocycles. The third-order valence-electron chi connectivity index (χ3n) is 4.24. The van der Waals surface area contributed by atoms with E-state index in [2.05, 4.69) is 15.9 Å². The van der Waals surface area contributed by atoms with Crippen molar-refractivity contribution in [1.82, 2.24) is 4.90 Å².